The van der Waals surface area contributed by atoms with E-state index in [9.17, 15) is 9.59 Å². The minimum absolute atomic E-state index is 0.000730. The van der Waals surface area contributed by atoms with Gasteiger partial charge in [-0.3, -0.25) is 9.88 Å². The Labute approximate surface area is 229 Å². The van der Waals surface area contributed by atoms with Gasteiger partial charge in [-0.15, -0.1) is 0 Å². The number of nitrogens with zero attached hydrogens (tertiary/aromatic N) is 2. The van der Waals surface area contributed by atoms with Crippen molar-refractivity contribution in [2.75, 3.05) is 11.9 Å². The molecule has 1 aromatic heterocycles. The molecule has 0 aromatic carbocycles. The highest BCUT2D eigenvalue weighted by Crippen LogP contribution is 2.43. The zero-order valence-electron chi connectivity index (χ0n) is 25.4. The molecule has 2 heterocycles. The van der Waals surface area contributed by atoms with Crippen LogP contribution >= 0.6 is 0 Å². The first-order valence-corrected chi connectivity index (χ1v) is 19.0. The number of anilines is 1. The van der Waals surface area contributed by atoms with E-state index < -0.39 is 58.6 Å². The van der Waals surface area contributed by atoms with Crippen LogP contribution in [-0.4, -0.2) is 62.9 Å². The third kappa shape index (κ3) is 7.96. The summed E-state index contributed by atoms with van der Waals surface area (Å²) in [5, 5.41) is 2.25. The number of halogens is 1. The van der Waals surface area contributed by atoms with Crippen molar-refractivity contribution < 1.29 is 27.5 Å². The van der Waals surface area contributed by atoms with Crippen molar-refractivity contribution in [2.45, 2.75) is 129 Å². The normalized spacial score (nSPS) is 23.4. The van der Waals surface area contributed by atoms with E-state index in [0.29, 0.717) is 0 Å². The van der Waals surface area contributed by atoms with Crippen molar-refractivity contribution in [3.05, 3.63) is 22.7 Å². The molecule has 1 N–H and O–H groups in total. The molecular formula is C26H48FN3O6Si2. The number of rotatable bonds is 7. The first-order chi connectivity index (χ1) is 17.0. The van der Waals surface area contributed by atoms with E-state index in [1.807, 2.05) is 0 Å². The van der Waals surface area contributed by atoms with Crippen LogP contribution in [0.2, 0.25) is 36.3 Å². The molecule has 0 saturated carbocycles. The number of amides is 1. The molecule has 1 amide bonds. The van der Waals surface area contributed by atoms with Crippen LogP contribution < -0.4 is 11.0 Å². The second kappa shape index (κ2) is 11.1. The van der Waals surface area contributed by atoms with Gasteiger partial charge in [0.25, 0.3) is 0 Å². The van der Waals surface area contributed by atoms with Crippen LogP contribution in [0.25, 0.3) is 0 Å². The molecular weight excluding hydrogens is 525 g/mol. The van der Waals surface area contributed by atoms with Gasteiger partial charge in [0.2, 0.25) is 0 Å². The lowest BCUT2D eigenvalue weighted by Gasteiger charge is -2.40. The van der Waals surface area contributed by atoms with E-state index in [1.54, 1.807) is 20.8 Å². The molecule has 0 radical (unpaired) electrons. The molecule has 4 atom stereocenters. The van der Waals surface area contributed by atoms with Crippen LogP contribution in [0.3, 0.4) is 0 Å². The van der Waals surface area contributed by atoms with Crippen LogP contribution in [0.1, 0.15) is 68.5 Å². The highest BCUT2D eigenvalue weighted by Gasteiger charge is 2.52. The molecule has 38 heavy (non-hydrogen) atoms. The maximum atomic E-state index is 16.1. The Morgan fingerprint density at radius 2 is 1.61 bits per heavy atom. The third-order valence-electron chi connectivity index (χ3n) is 7.65. The molecule has 2 rings (SSSR count). The van der Waals surface area contributed by atoms with Crippen molar-refractivity contribution in [1.82, 2.24) is 9.55 Å². The number of hydrogen-bond donors (Lipinski definition) is 1. The van der Waals surface area contributed by atoms with E-state index in [2.05, 4.69) is 78.0 Å². The molecule has 0 unspecified atom stereocenters. The lowest BCUT2D eigenvalue weighted by Crippen LogP contribution is -2.50. The summed E-state index contributed by atoms with van der Waals surface area (Å²) in [5.41, 5.74) is -1.47. The minimum atomic E-state index is -2.38. The molecule has 218 valence electrons. The van der Waals surface area contributed by atoms with Gasteiger partial charge in [-0.25, -0.2) is 14.0 Å². The summed E-state index contributed by atoms with van der Waals surface area (Å²) >= 11 is 0. The molecule has 1 aromatic rings. The van der Waals surface area contributed by atoms with Gasteiger partial charge >= 0.3 is 11.8 Å². The van der Waals surface area contributed by atoms with Gasteiger partial charge in [-0.2, -0.15) is 4.98 Å². The van der Waals surface area contributed by atoms with Crippen LogP contribution in [0, 0.1) is 0 Å². The van der Waals surface area contributed by atoms with Crippen molar-refractivity contribution in [1.29, 1.82) is 0 Å². The van der Waals surface area contributed by atoms with Gasteiger partial charge in [-0.05, 0) is 63.1 Å². The Hall–Kier alpha value is -1.61. The molecule has 0 spiro atoms. The topological polar surface area (TPSA) is 101 Å². The van der Waals surface area contributed by atoms with Gasteiger partial charge in [0, 0.05) is 6.20 Å². The van der Waals surface area contributed by atoms with Gasteiger partial charge < -0.3 is 18.3 Å². The summed E-state index contributed by atoms with van der Waals surface area (Å²) in [4.78, 5) is 28.9. The number of alkyl halides is 1. The van der Waals surface area contributed by atoms with E-state index in [1.165, 1.54) is 12.3 Å². The summed E-state index contributed by atoms with van der Waals surface area (Å²) in [6, 6.07) is 1.41. The highest BCUT2D eigenvalue weighted by molar-refractivity contribution is 6.74. The number of carbonyl (C=O) groups excluding carboxylic acids is 1. The van der Waals surface area contributed by atoms with Gasteiger partial charge in [-0.1, -0.05) is 41.5 Å². The molecule has 12 heteroatoms. The van der Waals surface area contributed by atoms with Gasteiger partial charge in [0.1, 0.15) is 23.6 Å². The second-order valence-electron chi connectivity index (χ2n) is 14.1. The summed E-state index contributed by atoms with van der Waals surface area (Å²) in [6.07, 6.45) is -3.86. The standard InChI is InChI=1S/C26H48FN3O6Si2/c1-24(2,3)35-23(32)29-18-14-15-30(22(31)28-18)21-19(27)20(36-38(12,13)26(7,8)9)17(34-21)16-33-37(10,11)25(4,5)6/h14-15,17,19-21H,16H2,1-13H3,(H,28,29,31,32)/t17-,19+,20-,21-/m1/s1. The number of carbonyl (C=O) groups is 1. The lowest BCUT2D eigenvalue weighted by molar-refractivity contribution is -0.0454. The third-order valence-corrected chi connectivity index (χ3v) is 16.6. The predicted molar refractivity (Wildman–Crippen MR) is 152 cm³/mol. The molecule has 1 saturated heterocycles. The van der Waals surface area contributed by atoms with Crippen molar-refractivity contribution in [3.8, 4) is 0 Å². The molecule has 1 aliphatic rings. The molecule has 1 fully saturated rings. The largest absolute Gasteiger partial charge is 0.444 e. The maximum Gasteiger partial charge on any atom is 0.413 e. The van der Waals surface area contributed by atoms with Gasteiger partial charge in [0.15, 0.2) is 29.0 Å². The first-order valence-electron chi connectivity index (χ1n) is 13.2. The Morgan fingerprint density at radius 3 is 2.08 bits per heavy atom. The number of ether oxygens (including phenoxy) is 2. The molecule has 9 nitrogen and oxygen atoms in total. The number of hydrogen-bond acceptors (Lipinski definition) is 7. The number of aromatic nitrogens is 2. The van der Waals surface area contributed by atoms with E-state index in [-0.39, 0.29) is 22.5 Å². The number of nitrogens with one attached hydrogen (secondary N) is 1. The Morgan fingerprint density at radius 1 is 1.05 bits per heavy atom. The molecule has 0 aliphatic carbocycles. The van der Waals surface area contributed by atoms with E-state index >= 15 is 4.39 Å². The highest BCUT2D eigenvalue weighted by atomic mass is 28.4. The smallest absolute Gasteiger partial charge is 0.413 e. The summed E-state index contributed by atoms with van der Waals surface area (Å²) in [7, 11) is -4.54. The minimum Gasteiger partial charge on any atom is -0.444 e. The Kier molecular flexibility index (Phi) is 9.53. The quantitative estimate of drug-likeness (QED) is 0.386. The van der Waals surface area contributed by atoms with Crippen molar-refractivity contribution in [2.24, 2.45) is 0 Å². The SMILES string of the molecule is CC(C)(C)OC(=O)Nc1ccn([C@@H]2O[C@H](CO[Si](C)(C)C(C)(C)C)[C@@H](O[Si](C)(C)C(C)(C)C)[C@@H]2F)c(=O)n1. The van der Waals surface area contributed by atoms with Crippen LogP contribution in [0.5, 0.6) is 0 Å². The predicted octanol–water partition coefficient (Wildman–Crippen LogP) is 6.24. The van der Waals surface area contributed by atoms with Crippen LogP contribution in [0.15, 0.2) is 17.1 Å². The second-order valence-corrected chi connectivity index (χ2v) is 23.6. The fourth-order valence-corrected chi connectivity index (χ4v) is 5.63. The van der Waals surface area contributed by atoms with Crippen LogP contribution in [0.4, 0.5) is 15.0 Å². The lowest BCUT2D eigenvalue weighted by atomic mass is 10.1. The fraction of sp³-hybridized carbons (Fsp3) is 0.808. The zero-order valence-corrected chi connectivity index (χ0v) is 27.4. The summed E-state index contributed by atoms with van der Waals surface area (Å²) in [5.74, 6) is 0.000730. The monoisotopic (exact) mass is 573 g/mol. The Balaban J connectivity index is 2.33. The first kappa shape index (κ1) is 32.6. The summed E-state index contributed by atoms with van der Waals surface area (Å²) in [6.45, 7) is 26.4. The van der Waals surface area contributed by atoms with Crippen molar-refractivity contribution >= 4 is 28.5 Å². The average molecular weight is 574 g/mol. The maximum absolute atomic E-state index is 16.1. The zero-order chi connectivity index (χ0) is 29.5. The van der Waals surface area contributed by atoms with E-state index in [4.69, 9.17) is 18.3 Å². The van der Waals surface area contributed by atoms with E-state index in [0.717, 1.165) is 4.57 Å². The fourth-order valence-electron chi connectivity index (χ4n) is 3.30. The average Bonchev–Trinajstić information content (AvgIpc) is 2.98. The molecule has 0 bridgehead atoms. The Bertz CT molecular complexity index is 1040. The van der Waals surface area contributed by atoms with Crippen LogP contribution in [-0.2, 0) is 18.3 Å². The van der Waals surface area contributed by atoms with Gasteiger partial charge in [0.05, 0.1) is 6.61 Å². The molecule has 1 aliphatic heterocycles. The van der Waals surface area contributed by atoms with Crippen molar-refractivity contribution in [3.63, 3.8) is 0 Å². The summed E-state index contributed by atoms with van der Waals surface area (Å²) < 4.78 is 41.4.